The second-order valence-corrected chi connectivity index (χ2v) is 19.0. The SMILES string of the molecule is CC[C@H](C)[C@H](NC(=O)[C@H](CS)NC(C)=O)C(=O)N1CCC[C@H]1C(=O)N[C@@H](CCCN=C(N)N)C(=O)NCC(=O)N[C@@H](CC(=O)O)C(=O)N[C@@H](Cc1ccc([N+](=O)[O-])cc1)C(=O)N[C@@H](CCCN=C(N)N)C(=O)N[C@@H](CS)C(N)=O. The first kappa shape index (κ1) is 67.1. The molecule has 1 aromatic rings. The first-order valence-corrected chi connectivity index (χ1v) is 26.2. The van der Waals surface area contributed by atoms with Gasteiger partial charge in [0.1, 0.15) is 48.3 Å². The van der Waals surface area contributed by atoms with Gasteiger partial charge in [0.15, 0.2) is 11.9 Å². The van der Waals surface area contributed by atoms with Crippen molar-refractivity contribution in [1.82, 2.24) is 47.4 Å². The van der Waals surface area contributed by atoms with Crippen LogP contribution in [0.2, 0.25) is 0 Å². The van der Waals surface area contributed by atoms with Gasteiger partial charge in [-0.25, -0.2) is 0 Å². The van der Waals surface area contributed by atoms with Crippen LogP contribution in [0.15, 0.2) is 34.3 Å². The highest BCUT2D eigenvalue weighted by Gasteiger charge is 2.41. The zero-order valence-corrected chi connectivity index (χ0v) is 45.7. The molecule has 0 radical (unpaired) electrons. The molecule has 0 aliphatic carbocycles. The fraction of sp³-hybridized carbons (Fsp3) is 0.587. The van der Waals surface area contributed by atoms with E-state index in [-0.39, 0.29) is 86.4 Å². The van der Waals surface area contributed by atoms with Crippen LogP contribution in [-0.4, -0.2) is 178 Å². The Balaban J connectivity index is 2.40. The average molecular weight is 1150 g/mol. The highest BCUT2D eigenvalue weighted by molar-refractivity contribution is 7.80. The normalized spacial score (nSPS) is 15.8. The smallest absolute Gasteiger partial charge is 0.305 e. The lowest BCUT2D eigenvalue weighted by Gasteiger charge is -2.32. The molecule has 0 spiro atoms. The van der Waals surface area contributed by atoms with Gasteiger partial charge in [-0.3, -0.25) is 72.8 Å². The molecule has 9 atom stereocenters. The maximum absolute atomic E-state index is 14.1. The molecule has 1 aromatic carbocycles. The number of carboxylic acids is 1. The monoisotopic (exact) mass is 1150 g/mol. The van der Waals surface area contributed by atoms with Crippen LogP contribution in [0.1, 0.15) is 77.7 Å². The molecule has 19 N–H and O–H groups in total. The summed E-state index contributed by atoms with van der Waals surface area (Å²) in [7, 11) is 0. The molecule has 79 heavy (non-hydrogen) atoms. The van der Waals surface area contributed by atoms with Gasteiger partial charge in [0, 0.05) is 56.6 Å². The minimum Gasteiger partial charge on any atom is -0.481 e. The van der Waals surface area contributed by atoms with Gasteiger partial charge >= 0.3 is 5.97 Å². The number of likely N-dealkylation sites (tertiary alicyclic amines) is 1. The predicted molar refractivity (Wildman–Crippen MR) is 292 cm³/mol. The number of nitrogens with zero attached hydrogens (tertiary/aromatic N) is 4. The van der Waals surface area contributed by atoms with E-state index in [0.29, 0.717) is 12.8 Å². The Hall–Kier alpha value is -7.97. The molecule has 31 nitrogen and oxygen atoms in total. The Labute approximate surface area is 465 Å². The molecular formula is C46H73N17O14S2. The Kier molecular flexibility index (Phi) is 28.9. The van der Waals surface area contributed by atoms with Crippen molar-refractivity contribution >= 4 is 108 Å². The average Bonchev–Trinajstić information content (AvgIpc) is 3.89. The third-order valence-corrected chi connectivity index (χ3v) is 12.9. The maximum Gasteiger partial charge on any atom is 0.305 e. The summed E-state index contributed by atoms with van der Waals surface area (Å²) >= 11 is 8.17. The maximum atomic E-state index is 14.1. The summed E-state index contributed by atoms with van der Waals surface area (Å²) in [5.41, 5.74) is 27.0. The Morgan fingerprint density at radius 2 is 1.24 bits per heavy atom. The van der Waals surface area contributed by atoms with Crippen LogP contribution in [-0.2, 0) is 59.2 Å². The molecule has 33 heteroatoms. The summed E-state index contributed by atoms with van der Waals surface area (Å²) in [6.45, 7) is 3.96. The van der Waals surface area contributed by atoms with Gasteiger partial charge in [-0.2, -0.15) is 25.3 Å². The van der Waals surface area contributed by atoms with E-state index in [0.717, 1.165) is 12.1 Å². The number of rotatable bonds is 34. The van der Waals surface area contributed by atoms with Crippen molar-refractivity contribution < 1.29 is 62.8 Å². The number of guanidine groups is 2. The number of nitrogens with one attached hydrogen (secondary N) is 8. The van der Waals surface area contributed by atoms with Crippen LogP contribution in [0.3, 0.4) is 0 Å². The zero-order valence-electron chi connectivity index (χ0n) is 43.9. The zero-order chi connectivity index (χ0) is 59.5. The number of carbonyl (C=O) groups is 11. The number of thiol groups is 2. The summed E-state index contributed by atoms with van der Waals surface area (Å²) < 4.78 is 0. The molecular weight excluding hydrogens is 1080 g/mol. The van der Waals surface area contributed by atoms with Crippen LogP contribution in [0.4, 0.5) is 5.69 Å². The summed E-state index contributed by atoms with van der Waals surface area (Å²) in [6, 6.07) is -6.22. The molecule has 1 aliphatic rings. The van der Waals surface area contributed by atoms with Crippen molar-refractivity contribution in [2.45, 2.75) is 127 Å². The van der Waals surface area contributed by atoms with Crippen molar-refractivity contribution in [3.05, 3.63) is 39.9 Å². The summed E-state index contributed by atoms with van der Waals surface area (Å²) in [5, 5.41) is 40.7. The highest BCUT2D eigenvalue weighted by atomic mass is 32.1. The number of nitrogens with two attached hydrogens (primary N) is 5. The van der Waals surface area contributed by atoms with Crippen LogP contribution >= 0.6 is 25.3 Å². The van der Waals surface area contributed by atoms with Gasteiger partial charge in [0.2, 0.25) is 59.1 Å². The van der Waals surface area contributed by atoms with Gasteiger partial charge in [-0.15, -0.1) is 0 Å². The Bertz CT molecular complexity index is 2410. The van der Waals surface area contributed by atoms with E-state index < -0.39 is 144 Å². The lowest BCUT2D eigenvalue weighted by atomic mass is 9.97. The van der Waals surface area contributed by atoms with Crippen LogP contribution in [0.25, 0.3) is 0 Å². The molecule has 1 heterocycles. The molecule has 1 fully saturated rings. The number of aliphatic imine (C=N–C) groups is 2. The first-order valence-electron chi connectivity index (χ1n) is 25.0. The van der Waals surface area contributed by atoms with Crippen molar-refractivity contribution in [3.8, 4) is 0 Å². The number of non-ortho nitro benzene ring substituents is 1. The number of nitro groups is 1. The van der Waals surface area contributed by atoms with E-state index in [1.807, 2.05) is 0 Å². The largest absolute Gasteiger partial charge is 0.481 e. The molecule has 0 aromatic heterocycles. The molecule has 0 unspecified atom stereocenters. The number of amides is 10. The Morgan fingerprint density at radius 3 is 1.75 bits per heavy atom. The standard InChI is InChI=1S/C46H73N17O14S2/c1-4-23(2)36(61-42(73)32(22-79)55-24(3)64)44(75)62-17-7-10-33(62)43(74)58-27(8-5-15-52-45(48)49)38(69)54-20-34(65)56-30(19-35(66)67)41(72)59-29(18-25-11-13-26(14-12-25)63(76)77)40(71)57-28(9-6-16-53-46(50)51)39(70)60-31(21-78)37(47)68/h11-14,23,27-33,36,78-79H,4-10,15-22H2,1-3H3,(H2,47,68)(H,54,69)(H,55,64)(H,56,65)(H,57,71)(H,58,74)(H,59,72)(H,60,70)(H,61,73)(H,66,67)(H4,48,49,52)(H4,50,51,53)/t23-,27-,28-,29-,30-,31-,32-,33-,36-/m0/s1. The number of nitro benzene ring substituents is 1. The van der Waals surface area contributed by atoms with Crippen molar-refractivity contribution in [3.63, 3.8) is 0 Å². The van der Waals surface area contributed by atoms with E-state index in [9.17, 15) is 68.0 Å². The van der Waals surface area contributed by atoms with Crippen molar-refractivity contribution in [2.24, 2.45) is 44.6 Å². The van der Waals surface area contributed by atoms with Crippen LogP contribution < -0.4 is 71.2 Å². The summed E-state index contributed by atoms with van der Waals surface area (Å²) in [6.07, 6.45) is -0.562. The number of carboxylic acid groups (broad SMARTS) is 1. The topological polar surface area (TPSA) is 505 Å². The fourth-order valence-corrected chi connectivity index (χ4v) is 8.34. The molecule has 0 saturated carbocycles. The number of hydrogen-bond acceptors (Lipinski definition) is 17. The highest BCUT2D eigenvalue weighted by Crippen LogP contribution is 2.22. The molecule has 438 valence electrons. The molecule has 1 saturated heterocycles. The molecule has 0 bridgehead atoms. The van der Waals surface area contributed by atoms with Crippen LogP contribution in [0.5, 0.6) is 0 Å². The number of aliphatic carboxylic acids is 1. The summed E-state index contributed by atoms with van der Waals surface area (Å²) in [4.78, 5) is 165. The number of carbonyl (C=O) groups excluding carboxylic acids is 10. The van der Waals surface area contributed by atoms with E-state index in [1.165, 1.54) is 24.0 Å². The molecule has 10 amide bonds. The third kappa shape index (κ3) is 23.7. The predicted octanol–water partition coefficient (Wildman–Crippen LogP) is -5.37. The minimum atomic E-state index is -1.93. The second-order valence-electron chi connectivity index (χ2n) is 18.3. The molecule has 2 rings (SSSR count). The lowest BCUT2D eigenvalue weighted by Crippen LogP contribution is -2.60. The van der Waals surface area contributed by atoms with E-state index in [1.54, 1.807) is 13.8 Å². The van der Waals surface area contributed by atoms with Crippen molar-refractivity contribution in [1.29, 1.82) is 0 Å². The number of primary amides is 1. The van der Waals surface area contributed by atoms with E-state index >= 15 is 0 Å². The minimum absolute atomic E-state index is 0.00572. The van der Waals surface area contributed by atoms with Gasteiger partial charge < -0.3 is 81.2 Å². The van der Waals surface area contributed by atoms with Crippen LogP contribution in [0, 0.1) is 16.0 Å². The quantitative estimate of drug-likeness (QED) is 0.00765. The number of hydrogen-bond donors (Lipinski definition) is 16. The lowest BCUT2D eigenvalue weighted by molar-refractivity contribution is -0.384. The molecule has 1 aliphatic heterocycles. The third-order valence-electron chi connectivity index (χ3n) is 12.2. The second kappa shape index (κ2) is 34.0. The van der Waals surface area contributed by atoms with Crippen molar-refractivity contribution in [2.75, 3.05) is 37.7 Å². The number of benzene rings is 1. The first-order chi connectivity index (χ1) is 37.2. The fourth-order valence-electron chi connectivity index (χ4n) is 7.81. The van der Waals surface area contributed by atoms with Gasteiger partial charge in [-0.1, -0.05) is 32.4 Å². The Morgan fingerprint density at radius 1 is 0.722 bits per heavy atom. The summed E-state index contributed by atoms with van der Waals surface area (Å²) in [5.74, 6) is -11.5. The van der Waals surface area contributed by atoms with E-state index in [4.69, 9.17) is 28.7 Å². The van der Waals surface area contributed by atoms with Gasteiger partial charge in [0.05, 0.1) is 17.9 Å². The van der Waals surface area contributed by atoms with Gasteiger partial charge in [0.25, 0.3) is 5.69 Å². The van der Waals surface area contributed by atoms with Gasteiger partial charge in [-0.05, 0) is 50.0 Å². The van der Waals surface area contributed by atoms with E-state index in [2.05, 4.69) is 77.8 Å².